The minimum absolute atomic E-state index is 0.0285. The van der Waals surface area contributed by atoms with Crippen LogP contribution in [0.25, 0.3) is 0 Å². The third kappa shape index (κ3) is 4.95. The van der Waals surface area contributed by atoms with Gasteiger partial charge in [-0.05, 0) is 18.9 Å². The molecule has 1 atom stereocenters. The summed E-state index contributed by atoms with van der Waals surface area (Å²) in [7, 11) is 0. The van der Waals surface area contributed by atoms with Gasteiger partial charge in [-0.3, -0.25) is 4.79 Å². The fourth-order valence-corrected chi connectivity index (χ4v) is 2.83. The molecule has 0 radical (unpaired) electrons. The lowest BCUT2D eigenvalue weighted by Gasteiger charge is -2.17. The molecule has 0 spiro atoms. The van der Waals surface area contributed by atoms with Crippen molar-refractivity contribution in [2.24, 2.45) is 0 Å². The summed E-state index contributed by atoms with van der Waals surface area (Å²) in [6.45, 7) is 2.58. The van der Waals surface area contributed by atoms with E-state index in [2.05, 4.69) is 10.3 Å². The van der Waals surface area contributed by atoms with E-state index >= 15 is 0 Å². The zero-order valence-electron chi connectivity index (χ0n) is 12.1. The Bertz CT molecular complexity index is 569. The van der Waals surface area contributed by atoms with Crippen LogP contribution in [0.15, 0.2) is 35.7 Å². The molecule has 1 heterocycles. The van der Waals surface area contributed by atoms with E-state index in [1.807, 2.05) is 42.6 Å². The van der Waals surface area contributed by atoms with E-state index in [1.54, 1.807) is 11.3 Å². The van der Waals surface area contributed by atoms with Gasteiger partial charge in [-0.1, -0.05) is 30.3 Å². The summed E-state index contributed by atoms with van der Waals surface area (Å²) in [6, 6.07) is 9.95. The molecule has 4 nitrogen and oxygen atoms in total. The van der Waals surface area contributed by atoms with Crippen LogP contribution in [0, 0.1) is 6.92 Å². The standard InChI is InChI=1S/C16H20N2O2S/c1-12-18-15(11-21-12)9-16(20)17-10-14(7-8-19)13-5-3-2-4-6-13/h2-6,11,14,19H,7-10H2,1H3,(H,17,20). The molecule has 1 aromatic carbocycles. The highest BCUT2D eigenvalue weighted by Gasteiger charge is 2.13. The van der Waals surface area contributed by atoms with E-state index in [0.29, 0.717) is 19.4 Å². The van der Waals surface area contributed by atoms with Gasteiger partial charge in [-0.25, -0.2) is 4.98 Å². The summed E-state index contributed by atoms with van der Waals surface area (Å²) in [4.78, 5) is 16.2. The maximum atomic E-state index is 12.0. The minimum atomic E-state index is -0.0285. The Morgan fingerprint density at radius 2 is 2.14 bits per heavy atom. The summed E-state index contributed by atoms with van der Waals surface area (Å²) < 4.78 is 0. The molecule has 112 valence electrons. The highest BCUT2D eigenvalue weighted by atomic mass is 32.1. The number of carbonyl (C=O) groups excluding carboxylic acids is 1. The Labute approximate surface area is 128 Å². The number of amides is 1. The highest BCUT2D eigenvalue weighted by molar-refractivity contribution is 7.09. The second kappa shape index (κ2) is 7.90. The molecular formula is C16H20N2O2S. The van der Waals surface area contributed by atoms with Gasteiger partial charge in [0.25, 0.3) is 0 Å². The van der Waals surface area contributed by atoms with E-state index in [1.165, 1.54) is 0 Å². The van der Waals surface area contributed by atoms with Crippen molar-refractivity contribution >= 4 is 17.2 Å². The van der Waals surface area contributed by atoms with Crippen LogP contribution in [-0.4, -0.2) is 29.1 Å². The van der Waals surface area contributed by atoms with Crippen LogP contribution in [0.3, 0.4) is 0 Å². The number of nitrogens with one attached hydrogen (secondary N) is 1. The van der Waals surface area contributed by atoms with Crippen LogP contribution in [0.1, 0.15) is 28.6 Å². The molecule has 2 N–H and O–H groups in total. The van der Waals surface area contributed by atoms with Crippen LogP contribution in [0.5, 0.6) is 0 Å². The molecule has 5 heteroatoms. The number of nitrogens with zero attached hydrogens (tertiary/aromatic N) is 1. The van der Waals surface area contributed by atoms with E-state index in [4.69, 9.17) is 0 Å². The second-order valence-electron chi connectivity index (χ2n) is 4.96. The molecule has 1 aromatic heterocycles. The molecule has 0 bridgehead atoms. The minimum Gasteiger partial charge on any atom is -0.396 e. The molecule has 0 saturated carbocycles. The summed E-state index contributed by atoms with van der Waals surface area (Å²) in [6.07, 6.45) is 0.949. The molecule has 1 unspecified atom stereocenters. The number of rotatable bonds is 7. The first-order chi connectivity index (χ1) is 10.2. The Hall–Kier alpha value is -1.72. The number of hydrogen-bond donors (Lipinski definition) is 2. The molecule has 0 aliphatic rings. The first-order valence-electron chi connectivity index (χ1n) is 7.02. The van der Waals surface area contributed by atoms with E-state index < -0.39 is 0 Å². The van der Waals surface area contributed by atoms with Crippen molar-refractivity contribution in [3.05, 3.63) is 52.0 Å². The van der Waals surface area contributed by atoms with Crippen LogP contribution in [0.2, 0.25) is 0 Å². The van der Waals surface area contributed by atoms with Gasteiger partial charge in [0.05, 0.1) is 17.1 Å². The first-order valence-corrected chi connectivity index (χ1v) is 7.90. The van der Waals surface area contributed by atoms with Crippen LogP contribution in [0.4, 0.5) is 0 Å². The molecule has 0 fully saturated rings. The molecule has 2 aromatic rings. The highest BCUT2D eigenvalue weighted by Crippen LogP contribution is 2.18. The zero-order valence-corrected chi connectivity index (χ0v) is 12.9. The number of hydrogen-bond acceptors (Lipinski definition) is 4. The lowest BCUT2D eigenvalue weighted by atomic mass is 9.96. The number of benzene rings is 1. The fraction of sp³-hybridized carbons (Fsp3) is 0.375. The first kappa shape index (κ1) is 15.7. The summed E-state index contributed by atoms with van der Waals surface area (Å²) in [5.41, 5.74) is 1.95. The molecule has 21 heavy (non-hydrogen) atoms. The Morgan fingerprint density at radius 1 is 1.38 bits per heavy atom. The van der Waals surface area contributed by atoms with Gasteiger partial charge >= 0.3 is 0 Å². The molecule has 0 aliphatic carbocycles. The monoisotopic (exact) mass is 304 g/mol. The average Bonchev–Trinajstić information content (AvgIpc) is 2.89. The lowest BCUT2D eigenvalue weighted by molar-refractivity contribution is -0.120. The SMILES string of the molecule is Cc1nc(CC(=O)NCC(CCO)c2ccccc2)cs1. The van der Waals surface area contributed by atoms with Gasteiger partial charge < -0.3 is 10.4 Å². The fourth-order valence-electron chi connectivity index (χ4n) is 2.22. The van der Waals surface area contributed by atoms with Crippen molar-refractivity contribution in [3.63, 3.8) is 0 Å². The van der Waals surface area contributed by atoms with E-state index in [-0.39, 0.29) is 18.4 Å². The maximum absolute atomic E-state index is 12.0. The van der Waals surface area contributed by atoms with Crippen LogP contribution < -0.4 is 5.32 Å². The smallest absolute Gasteiger partial charge is 0.226 e. The largest absolute Gasteiger partial charge is 0.396 e. The van der Waals surface area contributed by atoms with Gasteiger partial charge in [-0.2, -0.15) is 0 Å². The van der Waals surface area contributed by atoms with Gasteiger partial charge in [0, 0.05) is 24.4 Å². The predicted molar refractivity (Wildman–Crippen MR) is 84.5 cm³/mol. The number of aliphatic hydroxyl groups excluding tert-OH is 1. The summed E-state index contributed by atoms with van der Waals surface area (Å²) in [5, 5.41) is 15.0. The van der Waals surface area contributed by atoms with Crippen molar-refractivity contribution in [1.29, 1.82) is 0 Å². The third-order valence-corrected chi connectivity index (χ3v) is 4.12. The topological polar surface area (TPSA) is 62.2 Å². The number of thiazole rings is 1. The molecular weight excluding hydrogens is 284 g/mol. The van der Waals surface area contributed by atoms with Crippen molar-refractivity contribution < 1.29 is 9.90 Å². The van der Waals surface area contributed by atoms with Crippen molar-refractivity contribution in [2.75, 3.05) is 13.2 Å². The molecule has 2 rings (SSSR count). The number of aromatic nitrogens is 1. The quantitative estimate of drug-likeness (QED) is 0.825. The maximum Gasteiger partial charge on any atom is 0.226 e. The average molecular weight is 304 g/mol. The van der Waals surface area contributed by atoms with Crippen LogP contribution >= 0.6 is 11.3 Å². The number of aryl methyl sites for hydroxylation is 1. The van der Waals surface area contributed by atoms with Gasteiger partial charge in [0.2, 0.25) is 5.91 Å². The zero-order chi connectivity index (χ0) is 15.1. The Kier molecular flexibility index (Phi) is 5.90. The molecule has 1 amide bonds. The van der Waals surface area contributed by atoms with Crippen LogP contribution in [-0.2, 0) is 11.2 Å². The van der Waals surface area contributed by atoms with Crippen molar-refractivity contribution in [1.82, 2.24) is 10.3 Å². The third-order valence-electron chi connectivity index (χ3n) is 3.30. The summed E-state index contributed by atoms with van der Waals surface area (Å²) >= 11 is 1.55. The normalized spacial score (nSPS) is 12.1. The van der Waals surface area contributed by atoms with Crippen molar-refractivity contribution in [3.8, 4) is 0 Å². The van der Waals surface area contributed by atoms with E-state index in [9.17, 15) is 9.90 Å². The number of aliphatic hydroxyl groups is 1. The van der Waals surface area contributed by atoms with E-state index in [0.717, 1.165) is 16.3 Å². The Balaban J connectivity index is 1.88. The molecule has 0 saturated heterocycles. The van der Waals surface area contributed by atoms with Gasteiger partial charge in [-0.15, -0.1) is 11.3 Å². The lowest BCUT2D eigenvalue weighted by Crippen LogP contribution is -2.30. The van der Waals surface area contributed by atoms with Crippen molar-refractivity contribution in [2.45, 2.75) is 25.7 Å². The number of carbonyl (C=O) groups is 1. The second-order valence-corrected chi connectivity index (χ2v) is 6.02. The molecule has 0 aliphatic heterocycles. The van der Waals surface area contributed by atoms with Gasteiger partial charge in [0.15, 0.2) is 0 Å². The predicted octanol–water partition coefficient (Wildman–Crippen LogP) is 2.28. The van der Waals surface area contributed by atoms with Gasteiger partial charge in [0.1, 0.15) is 0 Å². The Morgan fingerprint density at radius 3 is 2.76 bits per heavy atom. The summed E-state index contributed by atoms with van der Waals surface area (Å²) in [5.74, 6) is 0.108.